The Hall–Kier alpha value is -2.60. The molecule has 144 valence electrons. The molecule has 6 heteroatoms. The minimum Gasteiger partial charge on any atom is -0.391 e. The van der Waals surface area contributed by atoms with Gasteiger partial charge in [-0.05, 0) is 44.4 Å². The quantitative estimate of drug-likeness (QED) is 0.463. The molecule has 0 bridgehead atoms. The van der Waals surface area contributed by atoms with Crippen LogP contribution in [0.4, 0.5) is 0 Å². The van der Waals surface area contributed by atoms with Gasteiger partial charge in [0.2, 0.25) is 0 Å². The zero-order chi connectivity index (χ0) is 19.2. The summed E-state index contributed by atoms with van der Waals surface area (Å²) in [5.41, 5.74) is 4.62. The number of aromatic nitrogens is 3. The fourth-order valence-electron chi connectivity index (χ4n) is 3.33. The first-order chi connectivity index (χ1) is 13.1. The van der Waals surface area contributed by atoms with Gasteiger partial charge in [0.15, 0.2) is 0 Å². The van der Waals surface area contributed by atoms with E-state index in [0.29, 0.717) is 11.6 Å². The number of hydrogen-bond donors (Lipinski definition) is 1. The van der Waals surface area contributed by atoms with Crippen LogP contribution in [0.5, 0.6) is 0 Å². The molecule has 3 rings (SSSR count). The second kappa shape index (κ2) is 8.86. The van der Waals surface area contributed by atoms with Crippen LogP contribution in [-0.4, -0.2) is 40.2 Å². The van der Waals surface area contributed by atoms with Crippen molar-refractivity contribution in [2.75, 3.05) is 19.8 Å². The molecule has 0 amide bonds. The summed E-state index contributed by atoms with van der Waals surface area (Å²) in [6.45, 7) is 6.34. The van der Waals surface area contributed by atoms with Crippen molar-refractivity contribution in [1.82, 2.24) is 19.4 Å². The number of hydrogen-bond acceptors (Lipinski definition) is 4. The van der Waals surface area contributed by atoms with Crippen molar-refractivity contribution in [1.29, 1.82) is 0 Å². The maximum Gasteiger partial charge on any atom is 0.150 e. The lowest BCUT2D eigenvalue weighted by Crippen LogP contribution is -2.19. The molecule has 2 aromatic rings. The van der Waals surface area contributed by atoms with E-state index in [-0.39, 0.29) is 0 Å². The number of aryl methyl sites for hydroxylation is 1. The fourth-order valence-corrected chi connectivity index (χ4v) is 3.33. The summed E-state index contributed by atoms with van der Waals surface area (Å²) in [6, 6.07) is 2.48. The number of allylic oxidation sites excluding steroid dienone is 2. The Labute approximate surface area is 160 Å². The van der Waals surface area contributed by atoms with E-state index in [0.717, 1.165) is 61.4 Å². The van der Waals surface area contributed by atoms with E-state index in [9.17, 15) is 4.79 Å². The Bertz CT molecular complexity index is 838. The summed E-state index contributed by atoms with van der Waals surface area (Å²) >= 11 is 0. The molecular formula is C21H28N4O2. The number of ether oxygens (including phenoxy) is 1. The first-order valence-corrected chi connectivity index (χ1v) is 9.47. The van der Waals surface area contributed by atoms with Crippen LogP contribution < -0.4 is 5.32 Å². The van der Waals surface area contributed by atoms with Gasteiger partial charge in [0, 0.05) is 68.3 Å². The molecule has 1 fully saturated rings. The van der Waals surface area contributed by atoms with Crippen LogP contribution >= 0.6 is 0 Å². The van der Waals surface area contributed by atoms with Gasteiger partial charge in [-0.25, -0.2) is 4.98 Å². The Morgan fingerprint density at radius 2 is 2.15 bits per heavy atom. The lowest BCUT2D eigenvalue weighted by molar-refractivity contribution is -0.104. The molecule has 0 spiro atoms. The predicted octanol–water partition coefficient (Wildman–Crippen LogP) is 3.34. The number of aldehydes is 1. The molecule has 1 aliphatic heterocycles. The number of rotatable bonds is 7. The van der Waals surface area contributed by atoms with E-state index in [1.807, 2.05) is 43.9 Å². The van der Waals surface area contributed by atoms with Crippen LogP contribution in [0.25, 0.3) is 17.3 Å². The SMILES string of the molecule is CCN/C=C(C)/C(C=O)=C\c1cc(-c2cn(C)cn2)cn1C1CCOCC1. The molecule has 0 atom stereocenters. The molecule has 0 unspecified atom stereocenters. The van der Waals surface area contributed by atoms with Gasteiger partial charge in [0.05, 0.1) is 12.0 Å². The summed E-state index contributed by atoms with van der Waals surface area (Å²) in [5.74, 6) is 0. The van der Waals surface area contributed by atoms with Gasteiger partial charge in [-0.3, -0.25) is 4.79 Å². The molecule has 2 aromatic heterocycles. The second-order valence-electron chi connectivity index (χ2n) is 6.93. The third-order valence-electron chi connectivity index (χ3n) is 4.87. The number of nitrogens with zero attached hydrogens (tertiary/aromatic N) is 3. The predicted molar refractivity (Wildman–Crippen MR) is 107 cm³/mol. The van der Waals surface area contributed by atoms with Gasteiger partial charge >= 0.3 is 0 Å². The molecule has 0 saturated carbocycles. The maximum atomic E-state index is 11.7. The molecule has 27 heavy (non-hydrogen) atoms. The molecular weight excluding hydrogens is 340 g/mol. The highest BCUT2D eigenvalue weighted by Gasteiger charge is 2.19. The number of nitrogens with one attached hydrogen (secondary N) is 1. The van der Waals surface area contributed by atoms with Crippen molar-refractivity contribution < 1.29 is 9.53 Å². The van der Waals surface area contributed by atoms with Crippen molar-refractivity contribution >= 4 is 12.4 Å². The third-order valence-corrected chi connectivity index (χ3v) is 4.87. The first kappa shape index (κ1) is 19.2. The molecule has 0 aromatic carbocycles. The lowest BCUT2D eigenvalue weighted by atomic mass is 10.1. The molecule has 1 saturated heterocycles. The standard InChI is InChI=1S/C21H28N4O2/c1-4-22-11-16(2)18(14-26)10-20-9-17(21-13-24(3)15-23-21)12-25(20)19-5-7-27-8-6-19/h9-15,19,22H,4-8H2,1-3H3/b16-11+,18-10-. The average Bonchev–Trinajstić information content (AvgIpc) is 3.31. The van der Waals surface area contributed by atoms with Gasteiger partial charge in [0.25, 0.3) is 0 Å². The zero-order valence-electron chi connectivity index (χ0n) is 16.3. The minimum atomic E-state index is 0.369. The van der Waals surface area contributed by atoms with Gasteiger partial charge in [-0.1, -0.05) is 0 Å². The summed E-state index contributed by atoms with van der Waals surface area (Å²) in [6.07, 6.45) is 12.7. The smallest absolute Gasteiger partial charge is 0.150 e. The topological polar surface area (TPSA) is 61.1 Å². The number of imidazole rings is 1. The van der Waals surface area contributed by atoms with Gasteiger partial charge in [0.1, 0.15) is 6.29 Å². The van der Waals surface area contributed by atoms with Gasteiger partial charge < -0.3 is 19.2 Å². The summed E-state index contributed by atoms with van der Waals surface area (Å²) in [7, 11) is 1.96. The van der Waals surface area contributed by atoms with Gasteiger partial charge in [-0.2, -0.15) is 0 Å². The van der Waals surface area contributed by atoms with Crippen molar-refractivity contribution in [3.63, 3.8) is 0 Å². The molecule has 1 aliphatic rings. The largest absolute Gasteiger partial charge is 0.391 e. The second-order valence-corrected chi connectivity index (χ2v) is 6.93. The van der Waals surface area contributed by atoms with E-state index < -0.39 is 0 Å². The van der Waals surface area contributed by atoms with Crippen molar-refractivity contribution in [2.45, 2.75) is 32.7 Å². The van der Waals surface area contributed by atoms with Crippen LogP contribution in [0.2, 0.25) is 0 Å². The van der Waals surface area contributed by atoms with Crippen LogP contribution in [0.1, 0.15) is 38.4 Å². The van der Waals surface area contributed by atoms with Crippen molar-refractivity contribution in [3.05, 3.63) is 47.8 Å². The number of carbonyl (C=O) groups is 1. The Kier molecular flexibility index (Phi) is 6.29. The van der Waals surface area contributed by atoms with Crippen LogP contribution in [0.3, 0.4) is 0 Å². The van der Waals surface area contributed by atoms with E-state index in [1.54, 1.807) is 6.33 Å². The summed E-state index contributed by atoms with van der Waals surface area (Å²) < 4.78 is 9.74. The van der Waals surface area contributed by atoms with E-state index in [2.05, 4.69) is 27.1 Å². The van der Waals surface area contributed by atoms with Gasteiger partial charge in [-0.15, -0.1) is 0 Å². The summed E-state index contributed by atoms with van der Waals surface area (Å²) in [5, 5.41) is 3.16. The summed E-state index contributed by atoms with van der Waals surface area (Å²) in [4.78, 5) is 16.2. The Morgan fingerprint density at radius 1 is 1.37 bits per heavy atom. The van der Waals surface area contributed by atoms with Crippen molar-refractivity contribution in [3.8, 4) is 11.3 Å². The highest BCUT2D eigenvalue weighted by Crippen LogP contribution is 2.30. The van der Waals surface area contributed by atoms with Crippen LogP contribution in [0.15, 0.2) is 42.1 Å². The monoisotopic (exact) mass is 368 g/mol. The molecule has 1 N–H and O–H groups in total. The lowest BCUT2D eigenvalue weighted by Gasteiger charge is -2.25. The molecule has 3 heterocycles. The van der Waals surface area contributed by atoms with E-state index in [1.165, 1.54) is 0 Å². The van der Waals surface area contributed by atoms with E-state index >= 15 is 0 Å². The maximum absolute atomic E-state index is 11.7. The highest BCUT2D eigenvalue weighted by molar-refractivity contribution is 5.87. The zero-order valence-corrected chi connectivity index (χ0v) is 16.3. The minimum absolute atomic E-state index is 0.369. The number of carbonyl (C=O) groups excluding carboxylic acids is 1. The van der Waals surface area contributed by atoms with E-state index in [4.69, 9.17) is 4.74 Å². The molecule has 6 nitrogen and oxygen atoms in total. The van der Waals surface area contributed by atoms with Crippen LogP contribution in [0, 0.1) is 0 Å². The molecule has 0 aliphatic carbocycles. The normalized spacial score (nSPS) is 16.6. The van der Waals surface area contributed by atoms with Crippen LogP contribution in [-0.2, 0) is 16.6 Å². The average molecular weight is 368 g/mol. The van der Waals surface area contributed by atoms with Crippen molar-refractivity contribution in [2.24, 2.45) is 7.05 Å². The third kappa shape index (κ3) is 4.57. The Morgan fingerprint density at radius 3 is 2.78 bits per heavy atom. The fraction of sp³-hybridized carbons (Fsp3) is 0.429. The highest BCUT2D eigenvalue weighted by atomic mass is 16.5. The molecule has 0 radical (unpaired) electrons. The first-order valence-electron chi connectivity index (χ1n) is 9.47. The Balaban J connectivity index is 2.01.